The fourth-order valence-corrected chi connectivity index (χ4v) is 3.02. The number of halogens is 7. The molecular formula is C17H18ClF6N3O4. The average Bonchev–Trinajstić information content (AvgIpc) is 2.64. The highest BCUT2D eigenvalue weighted by atomic mass is 35.5. The van der Waals surface area contributed by atoms with Crippen LogP contribution in [0.1, 0.15) is 5.56 Å². The van der Waals surface area contributed by atoms with Gasteiger partial charge in [0.15, 0.2) is 0 Å². The van der Waals surface area contributed by atoms with E-state index in [0.29, 0.717) is 16.3 Å². The Balaban J connectivity index is 1.96. The number of carboxylic acid groups (broad SMARTS) is 1. The second-order valence-corrected chi connectivity index (χ2v) is 7.10. The quantitative estimate of drug-likeness (QED) is 0.610. The van der Waals surface area contributed by atoms with E-state index in [1.165, 1.54) is 6.07 Å². The molecule has 1 aromatic rings. The van der Waals surface area contributed by atoms with E-state index in [0.717, 1.165) is 4.90 Å². The molecule has 0 bridgehead atoms. The number of anilines is 1. The van der Waals surface area contributed by atoms with Gasteiger partial charge in [0, 0.05) is 43.4 Å². The first-order valence-corrected chi connectivity index (χ1v) is 9.20. The molecule has 0 aromatic heterocycles. The van der Waals surface area contributed by atoms with Gasteiger partial charge in [0.25, 0.3) is 6.10 Å². The standard InChI is InChI=1S/C17H18ClF6N3O4/c18-11-2-1-10(12(7-11)25-8-13(28)29)9-26-3-5-27(6-4-26)15(30)31-14(16(19,20)21)17(22,23)24/h1-2,7,14,25H,3-6,8-9H2,(H,28,29). The predicted molar refractivity (Wildman–Crippen MR) is 96.8 cm³/mol. The van der Waals surface area contributed by atoms with Crippen molar-refractivity contribution in [3.05, 3.63) is 28.8 Å². The van der Waals surface area contributed by atoms with Crippen LogP contribution in [0.5, 0.6) is 0 Å². The summed E-state index contributed by atoms with van der Waals surface area (Å²) < 4.78 is 79.0. The fourth-order valence-electron chi connectivity index (χ4n) is 2.85. The lowest BCUT2D eigenvalue weighted by molar-refractivity contribution is -0.308. The summed E-state index contributed by atoms with van der Waals surface area (Å²) in [4.78, 5) is 25.1. The lowest BCUT2D eigenvalue weighted by Gasteiger charge is -2.35. The third-order valence-electron chi connectivity index (χ3n) is 4.34. The second-order valence-electron chi connectivity index (χ2n) is 6.66. The van der Waals surface area contributed by atoms with Gasteiger partial charge < -0.3 is 20.1 Å². The van der Waals surface area contributed by atoms with E-state index in [9.17, 15) is 35.9 Å². The van der Waals surface area contributed by atoms with Gasteiger partial charge in [0.2, 0.25) is 0 Å². The molecule has 2 rings (SSSR count). The summed E-state index contributed by atoms with van der Waals surface area (Å²) in [5.74, 6) is -1.09. The summed E-state index contributed by atoms with van der Waals surface area (Å²) >= 11 is 5.92. The number of nitrogens with one attached hydrogen (secondary N) is 1. The van der Waals surface area contributed by atoms with E-state index < -0.39 is 30.5 Å². The van der Waals surface area contributed by atoms with Crippen molar-refractivity contribution in [2.24, 2.45) is 0 Å². The minimum absolute atomic E-state index is 0.146. The third kappa shape index (κ3) is 7.35. The Morgan fingerprint density at radius 1 is 1.10 bits per heavy atom. The maximum Gasteiger partial charge on any atom is 0.434 e. The smallest absolute Gasteiger partial charge is 0.434 e. The number of rotatable bonds is 6. The number of alkyl halides is 6. The average molecular weight is 478 g/mol. The minimum Gasteiger partial charge on any atom is -0.480 e. The second kappa shape index (κ2) is 9.81. The van der Waals surface area contributed by atoms with Gasteiger partial charge in [-0.15, -0.1) is 0 Å². The number of aliphatic carboxylic acids is 1. The Morgan fingerprint density at radius 2 is 1.68 bits per heavy atom. The minimum atomic E-state index is -5.77. The van der Waals surface area contributed by atoms with Gasteiger partial charge in [-0.25, -0.2) is 4.79 Å². The molecule has 174 valence electrons. The summed E-state index contributed by atoms with van der Waals surface area (Å²) in [7, 11) is 0. The number of nitrogens with zero attached hydrogens (tertiary/aromatic N) is 2. The number of carbonyl (C=O) groups is 2. The maximum atomic E-state index is 12.6. The van der Waals surface area contributed by atoms with E-state index in [4.69, 9.17) is 16.7 Å². The van der Waals surface area contributed by atoms with Gasteiger partial charge in [-0.3, -0.25) is 9.69 Å². The van der Waals surface area contributed by atoms with Gasteiger partial charge in [-0.05, 0) is 17.7 Å². The van der Waals surface area contributed by atoms with Crippen LogP contribution in [0.25, 0.3) is 0 Å². The number of ether oxygens (including phenoxy) is 1. The Morgan fingerprint density at radius 3 is 2.19 bits per heavy atom. The largest absolute Gasteiger partial charge is 0.480 e. The molecule has 0 spiro atoms. The zero-order valence-corrected chi connectivity index (χ0v) is 16.5. The third-order valence-corrected chi connectivity index (χ3v) is 4.57. The number of carboxylic acids is 1. The number of piperazine rings is 1. The van der Waals surface area contributed by atoms with Crippen LogP contribution in [0.2, 0.25) is 5.02 Å². The highest BCUT2D eigenvalue weighted by molar-refractivity contribution is 6.30. The van der Waals surface area contributed by atoms with Gasteiger partial charge in [0.1, 0.15) is 6.54 Å². The van der Waals surface area contributed by atoms with Gasteiger partial charge in [-0.1, -0.05) is 17.7 Å². The molecule has 14 heteroatoms. The number of hydrogen-bond donors (Lipinski definition) is 2. The monoisotopic (exact) mass is 477 g/mol. The van der Waals surface area contributed by atoms with E-state index in [1.807, 2.05) is 0 Å². The van der Waals surface area contributed by atoms with Crippen LogP contribution in [0.4, 0.5) is 36.8 Å². The molecule has 1 aliphatic rings. The van der Waals surface area contributed by atoms with Crippen molar-refractivity contribution in [1.29, 1.82) is 0 Å². The number of carbonyl (C=O) groups excluding carboxylic acids is 1. The Kier molecular flexibility index (Phi) is 7.87. The molecule has 1 aromatic carbocycles. The van der Waals surface area contributed by atoms with Crippen molar-refractivity contribution in [2.75, 3.05) is 38.0 Å². The molecule has 0 unspecified atom stereocenters. The van der Waals surface area contributed by atoms with Crippen LogP contribution in [-0.2, 0) is 16.1 Å². The molecule has 0 saturated carbocycles. The highest BCUT2D eigenvalue weighted by Crippen LogP contribution is 2.36. The number of benzene rings is 1. The zero-order valence-electron chi connectivity index (χ0n) is 15.8. The molecule has 1 amide bonds. The van der Waals surface area contributed by atoms with E-state index >= 15 is 0 Å². The van der Waals surface area contributed by atoms with Crippen molar-refractivity contribution in [3.63, 3.8) is 0 Å². The Bertz CT molecular complexity index is 783. The first-order valence-electron chi connectivity index (χ1n) is 8.83. The summed E-state index contributed by atoms with van der Waals surface area (Å²) in [6.07, 6.45) is -17.4. The summed E-state index contributed by atoms with van der Waals surface area (Å²) in [6, 6.07) is 4.77. The van der Waals surface area contributed by atoms with Gasteiger partial charge in [-0.2, -0.15) is 26.3 Å². The summed E-state index contributed by atoms with van der Waals surface area (Å²) in [5, 5.41) is 11.9. The highest BCUT2D eigenvalue weighted by Gasteiger charge is 2.60. The molecular weight excluding hydrogens is 460 g/mol. The molecule has 1 fully saturated rings. The van der Waals surface area contributed by atoms with Gasteiger partial charge in [0.05, 0.1) is 0 Å². The molecule has 2 N–H and O–H groups in total. The van der Waals surface area contributed by atoms with Crippen molar-refractivity contribution >= 4 is 29.4 Å². The van der Waals surface area contributed by atoms with Crippen LogP contribution in [0, 0.1) is 0 Å². The van der Waals surface area contributed by atoms with Crippen molar-refractivity contribution in [2.45, 2.75) is 25.0 Å². The lowest BCUT2D eigenvalue weighted by atomic mass is 10.1. The Hall–Kier alpha value is -2.41. The van der Waals surface area contributed by atoms with Crippen LogP contribution in [0.3, 0.4) is 0 Å². The van der Waals surface area contributed by atoms with E-state index in [2.05, 4.69) is 10.1 Å². The summed E-state index contributed by atoms with van der Waals surface area (Å²) in [6.45, 7) is -0.0562. The molecule has 1 saturated heterocycles. The van der Waals surface area contributed by atoms with E-state index in [1.54, 1.807) is 17.0 Å². The SMILES string of the molecule is O=C(O)CNc1cc(Cl)ccc1CN1CCN(C(=O)OC(C(F)(F)F)C(F)(F)F)CC1. The number of hydrogen-bond acceptors (Lipinski definition) is 5. The first kappa shape index (κ1) is 24.9. The predicted octanol–water partition coefficient (Wildman–Crippen LogP) is 3.58. The lowest BCUT2D eigenvalue weighted by Crippen LogP contribution is -2.52. The molecule has 0 atom stereocenters. The van der Waals surface area contributed by atoms with Crippen LogP contribution in [-0.4, -0.2) is 78.1 Å². The summed E-state index contributed by atoms with van der Waals surface area (Å²) in [5.41, 5.74) is 1.14. The topological polar surface area (TPSA) is 82.1 Å². The molecule has 7 nitrogen and oxygen atoms in total. The van der Waals surface area contributed by atoms with Crippen LogP contribution < -0.4 is 5.32 Å². The van der Waals surface area contributed by atoms with Crippen LogP contribution in [0.15, 0.2) is 18.2 Å². The van der Waals surface area contributed by atoms with Crippen molar-refractivity contribution in [1.82, 2.24) is 9.80 Å². The molecule has 0 aliphatic carbocycles. The van der Waals surface area contributed by atoms with E-state index in [-0.39, 0.29) is 39.3 Å². The molecule has 1 aliphatic heterocycles. The Labute approximate surface area is 177 Å². The molecule has 31 heavy (non-hydrogen) atoms. The zero-order chi connectivity index (χ0) is 23.4. The molecule has 1 heterocycles. The number of amides is 1. The maximum absolute atomic E-state index is 12.6. The van der Waals surface area contributed by atoms with Crippen LogP contribution >= 0.6 is 11.6 Å². The normalized spacial score (nSPS) is 15.8. The van der Waals surface area contributed by atoms with Crippen molar-refractivity contribution < 1.29 is 45.8 Å². The molecule has 0 radical (unpaired) electrons. The van der Waals surface area contributed by atoms with Crippen molar-refractivity contribution in [3.8, 4) is 0 Å². The fraction of sp³-hybridized carbons (Fsp3) is 0.529. The van der Waals surface area contributed by atoms with Gasteiger partial charge >= 0.3 is 24.4 Å². The first-order chi connectivity index (χ1) is 14.3.